The smallest absolute Gasteiger partial charge is 0.161 e. The molecule has 4 nitrogen and oxygen atoms in total. The number of thiazole rings is 1. The maximum absolute atomic E-state index is 9.70. The highest BCUT2D eigenvalue weighted by molar-refractivity contribution is 7.11. The number of nitrogens with zero attached hydrogens (tertiary/aromatic N) is 1. The monoisotopic (exact) mass is 306 g/mol. The number of ether oxygens (including phenoxy) is 1. The summed E-state index contributed by atoms with van der Waals surface area (Å²) >= 11 is 1.75. The number of hydrogen-bond acceptors (Lipinski definition) is 5. The Morgan fingerprint density at radius 2 is 2.19 bits per heavy atom. The molecule has 0 saturated heterocycles. The van der Waals surface area contributed by atoms with Gasteiger partial charge in [0.2, 0.25) is 0 Å². The van der Waals surface area contributed by atoms with E-state index >= 15 is 0 Å². The molecular weight excluding hydrogens is 284 g/mol. The summed E-state index contributed by atoms with van der Waals surface area (Å²) in [7, 11) is 0. The van der Waals surface area contributed by atoms with E-state index in [9.17, 15) is 5.11 Å². The van der Waals surface area contributed by atoms with E-state index in [0.29, 0.717) is 18.9 Å². The van der Waals surface area contributed by atoms with E-state index in [4.69, 9.17) is 4.74 Å². The van der Waals surface area contributed by atoms with Gasteiger partial charge in [-0.1, -0.05) is 13.0 Å². The first-order chi connectivity index (χ1) is 10.1. The molecule has 1 aromatic carbocycles. The molecule has 0 aliphatic carbocycles. The summed E-state index contributed by atoms with van der Waals surface area (Å²) in [4.78, 5) is 5.76. The zero-order chi connectivity index (χ0) is 15.2. The maximum atomic E-state index is 9.70. The molecule has 2 N–H and O–H groups in total. The van der Waals surface area contributed by atoms with Crippen LogP contribution in [0.1, 0.15) is 42.3 Å². The van der Waals surface area contributed by atoms with Gasteiger partial charge in [-0.2, -0.15) is 0 Å². The second-order valence-electron chi connectivity index (χ2n) is 4.86. The molecule has 0 radical (unpaired) electrons. The van der Waals surface area contributed by atoms with E-state index < -0.39 is 0 Å². The summed E-state index contributed by atoms with van der Waals surface area (Å²) in [5, 5.41) is 14.3. The number of hydrogen-bond donors (Lipinski definition) is 2. The highest BCUT2D eigenvalue weighted by atomic mass is 32.1. The Morgan fingerprint density at radius 1 is 1.38 bits per heavy atom. The molecule has 0 spiro atoms. The topological polar surface area (TPSA) is 54.4 Å². The minimum absolute atomic E-state index is 0.182. The molecule has 1 atom stereocenters. The molecule has 2 rings (SSSR count). The Hall–Kier alpha value is -1.59. The first-order valence-corrected chi connectivity index (χ1v) is 8.08. The van der Waals surface area contributed by atoms with Crippen molar-refractivity contribution in [3.8, 4) is 11.5 Å². The van der Waals surface area contributed by atoms with Crippen LogP contribution in [-0.4, -0.2) is 16.7 Å². The molecule has 0 aliphatic rings. The molecule has 21 heavy (non-hydrogen) atoms. The van der Waals surface area contributed by atoms with E-state index in [-0.39, 0.29) is 11.8 Å². The lowest BCUT2D eigenvalue weighted by Crippen LogP contribution is -2.17. The number of aromatic hydroxyl groups is 1. The van der Waals surface area contributed by atoms with Crippen LogP contribution < -0.4 is 10.1 Å². The van der Waals surface area contributed by atoms with Gasteiger partial charge in [0.25, 0.3) is 0 Å². The van der Waals surface area contributed by atoms with Gasteiger partial charge in [0, 0.05) is 17.6 Å². The van der Waals surface area contributed by atoms with E-state index in [1.807, 2.05) is 25.3 Å². The van der Waals surface area contributed by atoms with Crippen molar-refractivity contribution in [3.05, 3.63) is 39.8 Å². The average molecular weight is 306 g/mol. The molecule has 114 valence electrons. The average Bonchev–Trinajstić information content (AvgIpc) is 2.97. The van der Waals surface area contributed by atoms with Crippen molar-refractivity contribution in [2.75, 3.05) is 6.61 Å². The molecule has 1 unspecified atom stereocenters. The van der Waals surface area contributed by atoms with Crippen molar-refractivity contribution in [2.45, 2.75) is 39.8 Å². The number of phenols is 1. The fourth-order valence-corrected chi connectivity index (χ4v) is 2.87. The van der Waals surface area contributed by atoms with Crippen LogP contribution in [0.2, 0.25) is 0 Å². The Kier molecular flexibility index (Phi) is 5.59. The van der Waals surface area contributed by atoms with Gasteiger partial charge in [0.05, 0.1) is 12.6 Å². The fraction of sp³-hybridized carbons (Fsp3) is 0.438. The van der Waals surface area contributed by atoms with Gasteiger partial charge in [-0.3, -0.25) is 0 Å². The third kappa shape index (κ3) is 4.19. The Balaban J connectivity index is 1.97. The highest BCUT2D eigenvalue weighted by Gasteiger charge is 2.10. The molecule has 1 aromatic heterocycles. The third-order valence-corrected chi connectivity index (χ3v) is 4.55. The second kappa shape index (κ2) is 7.43. The second-order valence-corrected chi connectivity index (χ2v) is 6.00. The van der Waals surface area contributed by atoms with Crippen LogP contribution in [0.15, 0.2) is 24.4 Å². The van der Waals surface area contributed by atoms with Gasteiger partial charge in [0.15, 0.2) is 11.5 Å². The Bertz CT molecular complexity index is 583. The maximum Gasteiger partial charge on any atom is 0.161 e. The Morgan fingerprint density at radius 3 is 2.86 bits per heavy atom. The van der Waals surface area contributed by atoms with E-state index in [0.717, 1.165) is 17.0 Å². The van der Waals surface area contributed by atoms with Gasteiger partial charge in [-0.25, -0.2) is 4.98 Å². The Labute approximate surface area is 129 Å². The van der Waals surface area contributed by atoms with Crippen LogP contribution in [0.5, 0.6) is 11.5 Å². The highest BCUT2D eigenvalue weighted by Crippen LogP contribution is 2.27. The van der Waals surface area contributed by atoms with E-state index in [1.54, 1.807) is 17.4 Å². The zero-order valence-corrected chi connectivity index (χ0v) is 13.5. The molecule has 0 saturated carbocycles. The van der Waals surface area contributed by atoms with Crippen LogP contribution in [0, 0.1) is 0 Å². The molecule has 0 amide bonds. The summed E-state index contributed by atoms with van der Waals surface area (Å²) in [6.07, 6.45) is 2.98. The summed E-state index contributed by atoms with van der Waals surface area (Å²) in [6.45, 7) is 7.41. The lowest BCUT2D eigenvalue weighted by molar-refractivity contribution is 0.317. The SMILES string of the molecule is CCOc1cc(CNC(C)c2ncc(CC)s2)ccc1O. The van der Waals surface area contributed by atoms with Crippen molar-refractivity contribution in [3.63, 3.8) is 0 Å². The van der Waals surface area contributed by atoms with Crippen LogP contribution in [0.25, 0.3) is 0 Å². The minimum Gasteiger partial charge on any atom is -0.504 e. The lowest BCUT2D eigenvalue weighted by atomic mass is 10.2. The van der Waals surface area contributed by atoms with Crippen molar-refractivity contribution >= 4 is 11.3 Å². The van der Waals surface area contributed by atoms with Crippen LogP contribution >= 0.6 is 11.3 Å². The molecule has 0 aliphatic heterocycles. The number of nitrogens with one attached hydrogen (secondary N) is 1. The van der Waals surface area contributed by atoms with Crippen LogP contribution in [0.4, 0.5) is 0 Å². The van der Waals surface area contributed by atoms with Gasteiger partial charge < -0.3 is 15.2 Å². The quantitative estimate of drug-likeness (QED) is 0.819. The van der Waals surface area contributed by atoms with Crippen molar-refractivity contribution in [1.29, 1.82) is 0 Å². The van der Waals surface area contributed by atoms with Gasteiger partial charge in [-0.15, -0.1) is 11.3 Å². The lowest BCUT2D eigenvalue weighted by Gasteiger charge is -2.12. The van der Waals surface area contributed by atoms with Crippen LogP contribution in [-0.2, 0) is 13.0 Å². The van der Waals surface area contributed by atoms with Crippen molar-refractivity contribution in [1.82, 2.24) is 10.3 Å². The number of aromatic nitrogens is 1. The predicted octanol–water partition coefficient (Wildman–Crippen LogP) is 3.66. The molecule has 1 heterocycles. The zero-order valence-electron chi connectivity index (χ0n) is 12.7. The third-order valence-electron chi connectivity index (χ3n) is 3.23. The van der Waals surface area contributed by atoms with Gasteiger partial charge in [-0.05, 0) is 38.0 Å². The molecule has 0 fully saturated rings. The van der Waals surface area contributed by atoms with Crippen molar-refractivity contribution < 1.29 is 9.84 Å². The number of phenolic OH excluding ortho intramolecular Hbond substituents is 1. The van der Waals surface area contributed by atoms with Crippen LogP contribution in [0.3, 0.4) is 0 Å². The standard InChI is InChI=1S/C16H22N2O2S/c1-4-13-10-18-16(21-13)11(3)17-9-12-6-7-14(19)15(8-12)20-5-2/h6-8,10-11,17,19H,4-5,9H2,1-3H3. The van der Waals surface area contributed by atoms with Gasteiger partial charge in [0.1, 0.15) is 5.01 Å². The molecule has 5 heteroatoms. The molecule has 0 bridgehead atoms. The van der Waals surface area contributed by atoms with E-state index in [2.05, 4.69) is 24.1 Å². The number of rotatable bonds is 7. The molecule has 2 aromatic rings. The first kappa shape index (κ1) is 15.8. The number of benzene rings is 1. The summed E-state index contributed by atoms with van der Waals surface area (Å²) in [5.74, 6) is 0.716. The van der Waals surface area contributed by atoms with E-state index in [1.165, 1.54) is 4.88 Å². The first-order valence-electron chi connectivity index (χ1n) is 7.26. The predicted molar refractivity (Wildman–Crippen MR) is 86.0 cm³/mol. The molecular formula is C16H22N2O2S. The fourth-order valence-electron chi connectivity index (χ4n) is 1.98. The summed E-state index contributed by atoms with van der Waals surface area (Å²) in [5.41, 5.74) is 1.08. The summed E-state index contributed by atoms with van der Waals surface area (Å²) in [6, 6.07) is 5.65. The largest absolute Gasteiger partial charge is 0.504 e. The number of aryl methyl sites for hydroxylation is 1. The van der Waals surface area contributed by atoms with Crippen molar-refractivity contribution in [2.24, 2.45) is 0 Å². The normalized spacial score (nSPS) is 12.3. The summed E-state index contributed by atoms with van der Waals surface area (Å²) < 4.78 is 5.40. The van der Waals surface area contributed by atoms with Gasteiger partial charge >= 0.3 is 0 Å². The minimum atomic E-state index is 0.182.